The predicted molar refractivity (Wildman–Crippen MR) is 137 cm³/mol. The second-order valence-corrected chi connectivity index (χ2v) is 8.07. The molecule has 9 nitrogen and oxygen atoms in total. The fourth-order valence-electron chi connectivity index (χ4n) is 3.37. The molecule has 0 aliphatic carbocycles. The minimum atomic E-state index is -0.305. The third-order valence-corrected chi connectivity index (χ3v) is 5.41. The molecule has 0 amide bonds. The van der Waals surface area contributed by atoms with Gasteiger partial charge in [-0.25, -0.2) is 0 Å². The van der Waals surface area contributed by atoms with E-state index >= 15 is 0 Å². The van der Waals surface area contributed by atoms with Gasteiger partial charge in [-0.2, -0.15) is 20.5 Å². The van der Waals surface area contributed by atoms with Crippen molar-refractivity contribution < 1.29 is 19.0 Å². The molecule has 9 heteroatoms. The van der Waals surface area contributed by atoms with Crippen molar-refractivity contribution in [3.05, 3.63) is 72.8 Å². The van der Waals surface area contributed by atoms with Gasteiger partial charge in [0.25, 0.3) is 0 Å². The third-order valence-electron chi connectivity index (χ3n) is 5.41. The van der Waals surface area contributed by atoms with Gasteiger partial charge < -0.3 is 19.1 Å². The molecule has 0 unspecified atom stereocenters. The number of azo groups is 2. The average Bonchev–Trinajstić information content (AvgIpc) is 3.22. The summed E-state index contributed by atoms with van der Waals surface area (Å²) in [5.41, 5.74) is 4.01. The van der Waals surface area contributed by atoms with Gasteiger partial charge in [0.05, 0.1) is 22.7 Å². The Morgan fingerprint density at radius 1 is 0.806 bits per heavy atom. The molecule has 3 aromatic carbocycles. The van der Waals surface area contributed by atoms with Crippen LogP contribution in [0.4, 0.5) is 28.4 Å². The van der Waals surface area contributed by atoms with E-state index in [1.54, 1.807) is 31.2 Å². The first-order valence-electron chi connectivity index (χ1n) is 11.9. The molecule has 0 atom stereocenters. The van der Waals surface area contributed by atoms with E-state index in [-0.39, 0.29) is 12.8 Å². The molecule has 0 bridgehead atoms. The van der Waals surface area contributed by atoms with Gasteiger partial charge in [-0.3, -0.25) is 4.79 Å². The second-order valence-electron chi connectivity index (χ2n) is 8.07. The Balaban J connectivity index is 1.27. The lowest BCUT2D eigenvalue weighted by molar-refractivity contribution is -0.149. The van der Waals surface area contributed by atoms with E-state index in [1.807, 2.05) is 48.5 Å². The number of rotatable bonds is 9. The zero-order valence-corrected chi connectivity index (χ0v) is 20.2. The fourth-order valence-corrected chi connectivity index (χ4v) is 3.37. The van der Waals surface area contributed by atoms with E-state index in [0.717, 1.165) is 43.1 Å². The van der Waals surface area contributed by atoms with Crippen molar-refractivity contribution >= 4 is 34.4 Å². The molecular weight excluding hydrogens is 458 g/mol. The standard InChI is InChI=1S/C27H29N5O4/c1-2-27(33)36-20-35-26-15-11-24(12-16-26)31-29-22-7-5-21(6-8-22)28-30-23-9-13-25(14-10-23)32-17-3-4-18-34-19-32/h5-16H,2-4,17-20H2,1H3. The highest BCUT2D eigenvalue weighted by atomic mass is 16.7. The average molecular weight is 488 g/mol. The minimum Gasteiger partial charge on any atom is -0.457 e. The Kier molecular flexibility index (Phi) is 9.10. The summed E-state index contributed by atoms with van der Waals surface area (Å²) >= 11 is 0. The molecule has 0 radical (unpaired) electrons. The van der Waals surface area contributed by atoms with Crippen molar-refractivity contribution in [2.24, 2.45) is 20.5 Å². The van der Waals surface area contributed by atoms with Gasteiger partial charge in [0.1, 0.15) is 12.5 Å². The van der Waals surface area contributed by atoms with Gasteiger partial charge in [-0.1, -0.05) is 6.92 Å². The number of benzene rings is 3. The molecule has 0 aromatic heterocycles. The fraction of sp³-hybridized carbons (Fsp3) is 0.296. The summed E-state index contributed by atoms with van der Waals surface area (Å²) in [5, 5.41) is 17.1. The number of esters is 1. The molecule has 36 heavy (non-hydrogen) atoms. The Morgan fingerprint density at radius 3 is 1.89 bits per heavy atom. The van der Waals surface area contributed by atoms with E-state index < -0.39 is 0 Å². The topological polar surface area (TPSA) is 97.4 Å². The lowest BCUT2D eigenvalue weighted by atomic mass is 10.2. The quantitative estimate of drug-likeness (QED) is 0.178. The van der Waals surface area contributed by atoms with Gasteiger partial charge in [0.15, 0.2) is 0 Å². The second kappa shape index (κ2) is 13.1. The summed E-state index contributed by atoms with van der Waals surface area (Å²) < 4.78 is 15.9. The van der Waals surface area contributed by atoms with Crippen LogP contribution in [0.5, 0.6) is 5.75 Å². The molecule has 1 saturated heterocycles. The van der Waals surface area contributed by atoms with Crippen LogP contribution in [0.3, 0.4) is 0 Å². The van der Waals surface area contributed by atoms with Crippen LogP contribution in [0.25, 0.3) is 0 Å². The number of carbonyl (C=O) groups excluding carboxylic acids is 1. The van der Waals surface area contributed by atoms with Crippen LogP contribution < -0.4 is 9.64 Å². The van der Waals surface area contributed by atoms with Crippen LogP contribution in [0.15, 0.2) is 93.3 Å². The molecule has 3 aromatic rings. The normalized spacial score (nSPS) is 14.2. The predicted octanol–water partition coefficient (Wildman–Crippen LogP) is 7.38. The van der Waals surface area contributed by atoms with Crippen LogP contribution >= 0.6 is 0 Å². The monoisotopic (exact) mass is 487 g/mol. The number of anilines is 1. The summed E-state index contributed by atoms with van der Waals surface area (Å²) in [4.78, 5) is 13.4. The maximum atomic E-state index is 11.1. The number of hydrogen-bond acceptors (Lipinski definition) is 9. The SMILES string of the molecule is CCC(=O)OCOc1ccc(N=Nc2ccc(N=Nc3ccc(N4CCCCOC4)cc3)cc2)cc1. The van der Waals surface area contributed by atoms with Crippen molar-refractivity contribution in [1.82, 2.24) is 0 Å². The van der Waals surface area contributed by atoms with Gasteiger partial charge in [-0.05, 0) is 85.6 Å². The number of carbonyl (C=O) groups is 1. The van der Waals surface area contributed by atoms with Crippen molar-refractivity contribution in [2.75, 3.05) is 31.6 Å². The van der Waals surface area contributed by atoms with Gasteiger partial charge >= 0.3 is 5.97 Å². The van der Waals surface area contributed by atoms with Crippen LogP contribution in [0, 0.1) is 0 Å². The van der Waals surface area contributed by atoms with Gasteiger partial charge in [-0.15, -0.1) is 0 Å². The Labute approximate surface area is 210 Å². The van der Waals surface area contributed by atoms with Crippen molar-refractivity contribution in [2.45, 2.75) is 26.2 Å². The lowest BCUT2D eigenvalue weighted by Gasteiger charge is -2.21. The molecular formula is C27H29N5O4. The zero-order chi connectivity index (χ0) is 25.0. The van der Waals surface area contributed by atoms with E-state index in [0.29, 0.717) is 30.3 Å². The summed E-state index contributed by atoms with van der Waals surface area (Å²) in [6.45, 7) is 4.07. The summed E-state index contributed by atoms with van der Waals surface area (Å²) in [7, 11) is 0. The summed E-state index contributed by atoms with van der Waals surface area (Å²) in [5.74, 6) is 0.277. The molecule has 0 saturated carbocycles. The first-order chi connectivity index (χ1) is 17.7. The van der Waals surface area contributed by atoms with Crippen LogP contribution in [0.2, 0.25) is 0 Å². The molecule has 0 N–H and O–H groups in total. The van der Waals surface area contributed by atoms with E-state index in [1.165, 1.54) is 0 Å². The number of nitrogens with zero attached hydrogens (tertiary/aromatic N) is 5. The van der Waals surface area contributed by atoms with Crippen molar-refractivity contribution in [3.63, 3.8) is 0 Å². The van der Waals surface area contributed by atoms with E-state index in [4.69, 9.17) is 14.2 Å². The third kappa shape index (κ3) is 7.71. The maximum Gasteiger partial charge on any atom is 0.308 e. The Hall–Kier alpha value is -4.11. The first kappa shape index (κ1) is 25.0. The van der Waals surface area contributed by atoms with Gasteiger partial charge in [0, 0.05) is 25.3 Å². The Morgan fingerprint density at radius 2 is 1.33 bits per heavy atom. The molecule has 1 aliphatic heterocycles. The molecule has 1 aliphatic rings. The van der Waals surface area contributed by atoms with Gasteiger partial charge in [0.2, 0.25) is 6.79 Å². The van der Waals surface area contributed by atoms with Crippen LogP contribution in [-0.2, 0) is 14.3 Å². The minimum absolute atomic E-state index is 0.115. The summed E-state index contributed by atoms with van der Waals surface area (Å²) in [6.07, 6.45) is 2.55. The first-order valence-corrected chi connectivity index (χ1v) is 11.9. The largest absolute Gasteiger partial charge is 0.457 e. The molecule has 0 spiro atoms. The number of ether oxygens (including phenoxy) is 3. The zero-order valence-electron chi connectivity index (χ0n) is 20.2. The molecule has 1 heterocycles. The van der Waals surface area contributed by atoms with Crippen molar-refractivity contribution in [1.29, 1.82) is 0 Å². The highest BCUT2D eigenvalue weighted by molar-refractivity contribution is 5.68. The maximum absolute atomic E-state index is 11.1. The highest BCUT2D eigenvalue weighted by Gasteiger charge is 2.09. The smallest absolute Gasteiger partial charge is 0.308 e. The number of hydrogen-bond donors (Lipinski definition) is 0. The highest BCUT2D eigenvalue weighted by Crippen LogP contribution is 2.26. The Bertz CT molecular complexity index is 1150. The molecule has 4 rings (SSSR count). The lowest BCUT2D eigenvalue weighted by Crippen LogP contribution is -2.24. The molecule has 186 valence electrons. The van der Waals surface area contributed by atoms with E-state index in [9.17, 15) is 4.79 Å². The van der Waals surface area contributed by atoms with E-state index in [2.05, 4.69) is 25.4 Å². The van der Waals surface area contributed by atoms with Crippen molar-refractivity contribution in [3.8, 4) is 5.75 Å². The summed E-state index contributed by atoms with van der Waals surface area (Å²) in [6, 6.07) is 22.4. The van der Waals surface area contributed by atoms with Crippen LogP contribution in [0.1, 0.15) is 26.2 Å². The molecule has 1 fully saturated rings. The van der Waals surface area contributed by atoms with Crippen LogP contribution in [-0.4, -0.2) is 32.6 Å².